The summed E-state index contributed by atoms with van der Waals surface area (Å²) in [5.41, 5.74) is 0. The molecule has 44 valence electrons. The first-order chi connectivity index (χ1) is 2.64. The number of hydrogen-bond acceptors (Lipinski definition) is 3. The molecule has 0 aromatic carbocycles. The second-order valence-corrected chi connectivity index (χ2v) is 0.995. The molecule has 0 aliphatic heterocycles. The Morgan fingerprint density at radius 1 is 1.75 bits per heavy atom. The van der Waals surface area contributed by atoms with Gasteiger partial charge in [-0.05, 0) is 6.92 Å². The summed E-state index contributed by atoms with van der Waals surface area (Å²) in [7, 11) is 0. The van der Waals surface area contributed by atoms with Crippen LogP contribution in [0.15, 0.2) is 0 Å². The molecule has 0 aliphatic carbocycles. The van der Waals surface area contributed by atoms with E-state index in [0.717, 1.165) is 6.92 Å². The number of carboxylic acids is 1. The average molecular weight is 147 g/mol. The zero-order valence-electron chi connectivity index (χ0n) is 5.05. The molecular formula is C3H9CaNO3+2. The van der Waals surface area contributed by atoms with Crippen LogP contribution in [0.4, 0.5) is 0 Å². The van der Waals surface area contributed by atoms with E-state index >= 15 is 0 Å². The second kappa shape index (κ2) is 7.65. The number of rotatable bonds is 1. The molecule has 5 heteroatoms. The van der Waals surface area contributed by atoms with E-state index in [1.165, 1.54) is 0 Å². The molecule has 0 heterocycles. The topological polar surface area (TPSA) is 96.9 Å². The minimum absolute atomic E-state index is 0. The van der Waals surface area contributed by atoms with Crippen LogP contribution in [0, 0.1) is 0 Å². The zero-order chi connectivity index (χ0) is 5.15. The molecule has 0 saturated heterocycles. The van der Waals surface area contributed by atoms with Crippen LogP contribution in [0.3, 0.4) is 0 Å². The number of aliphatic hydroxyl groups is 1. The first-order valence-corrected chi connectivity index (χ1v) is 1.53. The maximum absolute atomic E-state index is 9.34. The normalized spacial score (nSPS) is 10.2. The third-order valence-electron chi connectivity index (χ3n) is 0.341. The average Bonchev–Trinajstić information content (AvgIpc) is 1.36. The van der Waals surface area contributed by atoms with E-state index in [9.17, 15) is 9.90 Å². The Labute approximate surface area is 77.5 Å². The number of quaternary nitrogens is 1. The number of hydrogen-bond donors (Lipinski definition) is 2. The van der Waals surface area contributed by atoms with E-state index in [-0.39, 0.29) is 43.9 Å². The maximum atomic E-state index is 9.34. The van der Waals surface area contributed by atoms with Gasteiger partial charge in [0.05, 0.1) is 12.1 Å². The van der Waals surface area contributed by atoms with Gasteiger partial charge >= 0.3 is 37.7 Å². The van der Waals surface area contributed by atoms with Crippen LogP contribution < -0.4 is 11.3 Å². The van der Waals surface area contributed by atoms with Crippen LogP contribution in [0.25, 0.3) is 0 Å². The van der Waals surface area contributed by atoms with Gasteiger partial charge in [0.25, 0.3) is 0 Å². The molecule has 5 N–H and O–H groups in total. The molecule has 0 rings (SSSR count). The van der Waals surface area contributed by atoms with E-state index < -0.39 is 12.1 Å². The van der Waals surface area contributed by atoms with Crippen molar-refractivity contribution < 1.29 is 15.0 Å². The van der Waals surface area contributed by atoms with Crippen molar-refractivity contribution in [2.24, 2.45) is 0 Å². The van der Waals surface area contributed by atoms with Crippen molar-refractivity contribution in [1.29, 1.82) is 0 Å². The summed E-state index contributed by atoms with van der Waals surface area (Å²) < 4.78 is 0. The van der Waals surface area contributed by atoms with Gasteiger partial charge in [0.2, 0.25) is 0 Å². The van der Waals surface area contributed by atoms with Crippen molar-refractivity contribution >= 4 is 43.7 Å². The molecule has 0 aromatic heterocycles. The van der Waals surface area contributed by atoms with Gasteiger partial charge < -0.3 is 21.2 Å². The SMILES string of the molecule is CC(O)C(=O)[O-].[Ca+2].[NH4+]. The molecule has 0 aliphatic rings. The van der Waals surface area contributed by atoms with Gasteiger partial charge in [-0.3, -0.25) is 0 Å². The van der Waals surface area contributed by atoms with E-state index in [4.69, 9.17) is 5.11 Å². The van der Waals surface area contributed by atoms with E-state index in [0.29, 0.717) is 0 Å². The standard InChI is InChI=1S/C3H6O3.Ca.H3N/c1-2(4)3(5)6;;/h2,4H,1H3,(H,5,6);;1H3/q;+2;. The van der Waals surface area contributed by atoms with E-state index in [1.54, 1.807) is 0 Å². The van der Waals surface area contributed by atoms with Crippen molar-refractivity contribution in [3.63, 3.8) is 0 Å². The molecule has 0 saturated carbocycles. The Morgan fingerprint density at radius 3 is 1.88 bits per heavy atom. The van der Waals surface area contributed by atoms with Gasteiger partial charge in [-0.2, -0.15) is 0 Å². The van der Waals surface area contributed by atoms with Gasteiger partial charge in [0, 0.05) is 0 Å². The van der Waals surface area contributed by atoms with Gasteiger partial charge in [-0.15, -0.1) is 0 Å². The summed E-state index contributed by atoms with van der Waals surface area (Å²) in [5.74, 6) is -1.44. The summed E-state index contributed by atoms with van der Waals surface area (Å²) in [6, 6.07) is 0. The van der Waals surface area contributed by atoms with Crippen LogP contribution >= 0.6 is 0 Å². The number of carbonyl (C=O) groups is 1. The predicted molar refractivity (Wildman–Crippen MR) is 28.4 cm³/mol. The summed E-state index contributed by atoms with van der Waals surface area (Å²) >= 11 is 0. The van der Waals surface area contributed by atoms with Gasteiger partial charge in [-0.25, -0.2) is 0 Å². The first kappa shape index (κ1) is 15.9. The minimum atomic E-state index is -1.44. The van der Waals surface area contributed by atoms with Crippen LogP contribution in [0.2, 0.25) is 0 Å². The Morgan fingerprint density at radius 2 is 1.88 bits per heavy atom. The number of carbonyl (C=O) groups excluding carboxylic acids is 1. The first-order valence-electron chi connectivity index (χ1n) is 1.53. The molecule has 8 heavy (non-hydrogen) atoms. The molecule has 0 radical (unpaired) electrons. The van der Waals surface area contributed by atoms with Crippen molar-refractivity contribution in [2.45, 2.75) is 13.0 Å². The van der Waals surface area contributed by atoms with Crippen molar-refractivity contribution in [1.82, 2.24) is 6.15 Å². The van der Waals surface area contributed by atoms with Gasteiger partial charge in [-0.1, -0.05) is 0 Å². The Hall–Kier alpha value is 0.650. The monoisotopic (exact) mass is 147 g/mol. The van der Waals surface area contributed by atoms with Crippen molar-refractivity contribution in [2.75, 3.05) is 0 Å². The molecule has 0 spiro atoms. The summed E-state index contributed by atoms with van der Waals surface area (Å²) in [6.07, 6.45) is -1.34. The predicted octanol–water partition coefficient (Wildman–Crippen LogP) is -1.89. The third-order valence-corrected chi connectivity index (χ3v) is 0.341. The Bertz CT molecular complexity index is 65.5. The maximum Gasteiger partial charge on any atom is 2.00 e. The van der Waals surface area contributed by atoms with Crippen molar-refractivity contribution in [3.05, 3.63) is 0 Å². The van der Waals surface area contributed by atoms with Gasteiger partial charge in [0.1, 0.15) is 0 Å². The third kappa shape index (κ3) is 9.82. The minimum Gasteiger partial charge on any atom is -0.547 e. The van der Waals surface area contributed by atoms with Crippen LogP contribution in [-0.2, 0) is 4.79 Å². The fourth-order valence-corrected chi connectivity index (χ4v) is 0. The Kier molecular flexibility index (Phi) is 15.2. The van der Waals surface area contributed by atoms with Gasteiger partial charge in [0.15, 0.2) is 0 Å². The largest absolute Gasteiger partial charge is 2.00 e. The van der Waals surface area contributed by atoms with E-state index in [1.807, 2.05) is 0 Å². The number of aliphatic carboxylic acids is 1. The molecular weight excluding hydrogens is 138 g/mol. The number of aliphatic hydroxyl groups excluding tert-OH is 1. The molecule has 0 aromatic rings. The molecule has 1 unspecified atom stereocenters. The fourth-order valence-electron chi connectivity index (χ4n) is 0. The Balaban J connectivity index is -0.000000125. The number of carboxylic acid groups (broad SMARTS) is 1. The molecule has 1 atom stereocenters. The van der Waals surface area contributed by atoms with Crippen LogP contribution in [0.5, 0.6) is 0 Å². The smallest absolute Gasteiger partial charge is 0.547 e. The fraction of sp³-hybridized carbons (Fsp3) is 0.667. The molecule has 0 bridgehead atoms. The quantitative estimate of drug-likeness (QED) is 0.424. The summed E-state index contributed by atoms with van der Waals surface area (Å²) in [5, 5.41) is 17.3. The summed E-state index contributed by atoms with van der Waals surface area (Å²) in [6.45, 7) is 1.13. The summed E-state index contributed by atoms with van der Waals surface area (Å²) in [4.78, 5) is 9.34. The molecule has 0 fully saturated rings. The second-order valence-electron chi connectivity index (χ2n) is 0.995. The zero-order valence-corrected chi connectivity index (χ0v) is 7.26. The van der Waals surface area contributed by atoms with Crippen LogP contribution in [0.1, 0.15) is 6.92 Å². The van der Waals surface area contributed by atoms with Crippen molar-refractivity contribution in [3.8, 4) is 0 Å². The molecule has 4 nitrogen and oxygen atoms in total. The van der Waals surface area contributed by atoms with Crippen LogP contribution in [-0.4, -0.2) is 54.9 Å². The molecule has 0 amide bonds. The van der Waals surface area contributed by atoms with E-state index in [2.05, 4.69) is 0 Å².